The average Bonchev–Trinajstić information content (AvgIpc) is 3.19. The van der Waals surface area contributed by atoms with E-state index in [0.29, 0.717) is 12.8 Å². The van der Waals surface area contributed by atoms with Crippen molar-refractivity contribution >= 4 is 5.91 Å². The highest BCUT2D eigenvalue weighted by Gasteiger charge is 2.20. The van der Waals surface area contributed by atoms with Crippen LogP contribution >= 0.6 is 0 Å². The molecule has 55 heavy (non-hydrogen) atoms. The van der Waals surface area contributed by atoms with Gasteiger partial charge in [-0.2, -0.15) is 0 Å². The molecule has 1 amide bonds. The van der Waals surface area contributed by atoms with Crippen molar-refractivity contribution < 1.29 is 15.0 Å². The highest BCUT2D eigenvalue weighted by atomic mass is 16.3. The number of carbonyl (C=O) groups is 1. The van der Waals surface area contributed by atoms with Crippen LogP contribution in [0.25, 0.3) is 0 Å². The van der Waals surface area contributed by atoms with Gasteiger partial charge in [0.1, 0.15) is 0 Å². The Morgan fingerprint density at radius 2 is 0.745 bits per heavy atom. The van der Waals surface area contributed by atoms with E-state index >= 15 is 0 Å². The molecule has 0 radical (unpaired) electrons. The van der Waals surface area contributed by atoms with Gasteiger partial charge in [-0.3, -0.25) is 4.79 Å². The topological polar surface area (TPSA) is 69.6 Å². The Labute approximate surface area is 345 Å². The van der Waals surface area contributed by atoms with E-state index in [2.05, 4.69) is 43.5 Å². The standard InChI is InChI=1S/C51H99NO3/c1-3-5-7-9-11-13-15-17-19-21-23-25-26-27-29-31-33-35-37-39-41-43-45-47-51(55)52-49(48-53)50(54)46-44-42-40-38-36-34-32-30-28-24-22-20-18-16-14-12-10-8-6-4-2/h23,25,27,29,49-50,53-54H,3-22,24,26,28,30-48H2,1-2H3,(H,52,55)/b25-23-,29-27-. The minimum atomic E-state index is -0.662. The van der Waals surface area contributed by atoms with Crippen molar-refractivity contribution in [1.82, 2.24) is 5.32 Å². The fraction of sp³-hybridized carbons (Fsp3) is 0.902. The average molecular weight is 774 g/mol. The van der Waals surface area contributed by atoms with Gasteiger partial charge in [0.05, 0.1) is 18.8 Å². The molecule has 0 rings (SSSR count). The van der Waals surface area contributed by atoms with Gasteiger partial charge in [-0.1, -0.05) is 250 Å². The van der Waals surface area contributed by atoms with E-state index in [4.69, 9.17) is 0 Å². The Kier molecular flexibility index (Phi) is 46.3. The van der Waals surface area contributed by atoms with Gasteiger partial charge >= 0.3 is 0 Å². The number of aliphatic hydroxyl groups is 2. The molecular weight excluding hydrogens is 675 g/mol. The molecule has 0 spiro atoms. The van der Waals surface area contributed by atoms with Crippen LogP contribution in [-0.2, 0) is 4.79 Å². The van der Waals surface area contributed by atoms with Gasteiger partial charge in [0, 0.05) is 6.42 Å². The molecule has 0 aromatic rings. The Morgan fingerprint density at radius 1 is 0.436 bits per heavy atom. The highest BCUT2D eigenvalue weighted by Crippen LogP contribution is 2.17. The van der Waals surface area contributed by atoms with Crippen LogP contribution in [-0.4, -0.2) is 34.9 Å². The fourth-order valence-electron chi connectivity index (χ4n) is 7.86. The van der Waals surface area contributed by atoms with Crippen LogP contribution in [0.15, 0.2) is 24.3 Å². The maximum Gasteiger partial charge on any atom is 0.220 e. The maximum absolute atomic E-state index is 12.4. The second-order valence-electron chi connectivity index (χ2n) is 17.2. The molecule has 0 fully saturated rings. The third-order valence-electron chi connectivity index (χ3n) is 11.7. The number of hydrogen-bond donors (Lipinski definition) is 3. The van der Waals surface area contributed by atoms with E-state index in [0.717, 1.165) is 32.1 Å². The van der Waals surface area contributed by atoms with Gasteiger partial charge in [-0.25, -0.2) is 0 Å². The number of aliphatic hydroxyl groups excluding tert-OH is 2. The molecule has 4 heteroatoms. The molecular formula is C51H99NO3. The van der Waals surface area contributed by atoms with Gasteiger partial charge in [0.25, 0.3) is 0 Å². The predicted molar refractivity (Wildman–Crippen MR) is 244 cm³/mol. The number of allylic oxidation sites excluding steroid dienone is 4. The van der Waals surface area contributed by atoms with E-state index < -0.39 is 12.1 Å². The van der Waals surface area contributed by atoms with Crippen LogP contribution in [0.5, 0.6) is 0 Å². The number of carbonyl (C=O) groups excluding carboxylic acids is 1. The molecule has 0 aromatic carbocycles. The summed E-state index contributed by atoms with van der Waals surface area (Å²) in [7, 11) is 0. The number of hydrogen-bond acceptors (Lipinski definition) is 3. The Bertz CT molecular complexity index is 795. The van der Waals surface area contributed by atoms with E-state index in [1.54, 1.807) is 0 Å². The SMILES string of the molecule is CCCCCCCCCCC/C=C\C/C=C\CCCCCCCCCC(=O)NC(CO)C(O)CCCCCCCCCCCCCCCCCCCCCC. The van der Waals surface area contributed by atoms with Crippen LogP contribution in [0.4, 0.5) is 0 Å². The second kappa shape index (κ2) is 47.2. The molecule has 0 saturated heterocycles. The molecule has 0 saturated carbocycles. The lowest BCUT2D eigenvalue weighted by Crippen LogP contribution is -2.45. The van der Waals surface area contributed by atoms with Crippen molar-refractivity contribution in [2.24, 2.45) is 0 Å². The lowest BCUT2D eigenvalue weighted by atomic mass is 10.0. The van der Waals surface area contributed by atoms with Crippen molar-refractivity contribution in [2.75, 3.05) is 6.61 Å². The van der Waals surface area contributed by atoms with Crippen molar-refractivity contribution in [3.63, 3.8) is 0 Å². The summed E-state index contributed by atoms with van der Waals surface area (Å²) in [5, 5.41) is 23.3. The van der Waals surface area contributed by atoms with Crippen molar-refractivity contribution in [1.29, 1.82) is 0 Å². The van der Waals surface area contributed by atoms with Gasteiger partial charge in [-0.15, -0.1) is 0 Å². The zero-order valence-electron chi connectivity index (χ0n) is 37.5. The molecule has 3 N–H and O–H groups in total. The quantitative estimate of drug-likeness (QED) is 0.0426. The summed E-state index contributed by atoms with van der Waals surface area (Å²) in [6.45, 7) is 4.38. The minimum Gasteiger partial charge on any atom is -0.394 e. The number of rotatable bonds is 46. The minimum absolute atomic E-state index is 0.0354. The first kappa shape index (κ1) is 53.9. The zero-order valence-corrected chi connectivity index (χ0v) is 37.5. The largest absolute Gasteiger partial charge is 0.394 e. The van der Waals surface area contributed by atoms with Crippen LogP contribution in [0.2, 0.25) is 0 Å². The summed E-state index contributed by atoms with van der Waals surface area (Å²) in [6, 6.07) is -0.539. The molecule has 0 aliphatic rings. The maximum atomic E-state index is 12.4. The van der Waals surface area contributed by atoms with Gasteiger partial charge in [-0.05, 0) is 44.9 Å². The summed E-state index contributed by atoms with van der Waals surface area (Å²) < 4.78 is 0. The summed E-state index contributed by atoms with van der Waals surface area (Å²) in [5.41, 5.74) is 0. The molecule has 2 atom stereocenters. The van der Waals surface area contributed by atoms with Crippen LogP contribution in [0.1, 0.15) is 277 Å². The predicted octanol–water partition coefficient (Wildman–Crippen LogP) is 16.0. The van der Waals surface area contributed by atoms with Crippen molar-refractivity contribution in [3.05, 3.63) is 24.3 Å². The molecule has 0 aliphatic heterocycles. The molecule has 0 aliphatic carbocycles. The summed E-state index contributed by atoms with van der Waals surface area (Å²) >= 11 is 0. The zero-order chi connectivity index (χ0) is 40.0. The normalized spacial score (nSPS) is 13.0. The Morgan fingerprint density at radius 3 is 1.09 bits per heavy atom. The van der Waals surface area contributed by atoms with Crippen molar-refractivity contribution in [3.8, 4) is 0 Å². The van der Waals surface area contributed by atoms with E-state index in [9.17, 15) is 15.0 Å². The lowest BCUT2D eigenvalue weighted by molar-refractivity contribution is -0.123. The number of nitrogens with one attached hydrogen (secondary N) is 1. The van der Waals surface area contributed by atoms with Crippen molar-refractivity contribution in [2.45, 2.75) is 289 Å². The Balaban J connectivity index is 3.50. The first-order valence-corrected chi connectivity index (χ1v) is 25.0. The first-order chi connectivity index (χ1) is 27.2. The molecule has 0 bridgehead atoms. The highest BCUT2D eigenvalue weighted by molar-refractivity contribution is 5.76. The van der Waals surface area contributed by atoms with E-state index in [-0.39, 0.29) is 12.5 Å². The van der Waals surface area contributed by atoms with Crippen LogP contribution in [0, 0.1) is 0 Å². The third kappa shape index (κ3) is 43.8. The molecule has 0 heterocycles. The summed E-state index contributed by atoms with van der Waals surface area (Å²) in [4.78, 5) is 12.4. The monoisotopic (exact) mass is 774 g/mol. The third-order valence-corrected chi connectivity index (χ3v) is 11.7. The first-order valence-electron chi connectivity index (χ1n) is 25.0. The van der Waals surface area contributed by atoms with Gasteiger partial charge < -0.3 is 15.5 Å². The summed E-state index contributed by atoms with van der Waals surface area (Å²) in [6.07, 6.45) is 61.3. The van der Waals surface area contributed by atoms with E-state index in [1.807, 2.05) is 0 Å². The number of amides is 1. The van der Waals surface area contributed by atoms with Gasteiger partial charge in [0.2, 0.25) is 5.91 Å². The Hall–Kier alpha value is -1.13. The smallest absolute Gasteiger partial charge is 0.220 e. The molecule has 0 aromatic heterocycles. The fourth-order valence-corrected chi connectivity index (χ4v) is 7.86. The molecule has 4 nitrogen and oxygen atoms in total. The van der Waals surface area contributed by atoms with Crippen LogP contribution < -0.4 is 5.32 Å². The molecule has 2 unspecified atom stereocenters. The lowest BCUT2D eigenvalue weighted by Gasteiger charge is -2.22. The second-order valence-corrected chi connectivity index (χ2v) is 17.2. The molecule has 326 valence electrons. The van der Waals surface area contributed by atoms with Gasteiger partial charge in [0.15, 0.2) is 0 Å². The number of unbranched alkanes of at least 4 members (excludes halogenated alkanes) is 35. The van der Waals surface area contributed by atoms with E-state index in [1.165, 1.54) is 218 Å². The summed E-state index contributed by atoms with van der Waals surface area (Å²) in [5.74, 6) is -0.0354. The van der Waals surface area contributed by atoms with Crippen LogP contribution in [0.3, 0.4) is 0 Å².